The van der Waals surface area contributed by atoms with Gasteiger partial charge in [-0.25, -0.2) is 4.79 Å². The molecule has 60 valence electrons. The second-order valence-corrected chi connectivity index (χ2v) is 2.05. The molecule has 0 fully saturated rings. The molecule has 1 amide bonds. The Hall–Kier alpha value is -0.770. The van der Waals surface area contributed by atoms with Crippen molar-refractivity contribution in [3.63, 3.8) is 0 Å². The van der Waals surface area contributed by atoms with Crippen LogP contribution in [0.5, 0.6) is 0 Å². The summed E-state index contributed by atoms with van der Waals surface area (Å²) >= 11 is 0. The first kappa shape index (κ1) is 9.23. The van der Waals surface area contributed by atoms with E-state index in [0.29, 0.717) is 0 Å². The maximum absolute atomic E-state index is 10.3. The molecular formula is C6H13NO3. The number of amides is 1. The number of hydrogen-bond donors (Lipinski definition) is 1. The molecule has 0 heterocycles. The van der Waals surface area contributed by atoms with Crippen LogP contribution in [0.4, 0.5) is 4.79 Å². The predicted octanol–water partition coefficient (Wildman–Crippen LogP) is 1.33. The van der Waals surface area contributed by atoms with Gasteiger partial charge in [0.25, 0.3) is 0 Å². The van der Waals surface area contributed by atoms with Gasteiger partial charge in [-0.05, 0) is 13.3 Å². The van der Waals surface area contributed by atoms with Gasteiger partial charge in [-0.15, -0.1) is 0 Å². The second kappa shape index (κ2) is 4.11. The average molecular weight is 147 g/mol. The SMILES string of the molecule is CC[C@H](C)N(OC)C(=O)O. The lowest BCUT2D eigenvalue weighted by molar-refractivity contribution is -0.127. The summed E-state index contributed by atoms with van der Waals surface area (Å²) in [6, 6.07) is -0.0810. The van der Waals surface area contributed by atoms with Crippen molar-refractivity contribution in [2.24, 2.45) is 0 Å². The van der Waals surface area contributed by atoms with Crippen molar-refractivity contribution in [2.75, 3.05) is 7.11 Å². The molecule has 0 unspecified atom stereocenters. The lowest BCUT2D eigenvalue weighted by Crippen LogP contribution is -2.36. The van der Waals surface area contributed by atoms with Gasteiger partial charge in [0.05, 0.1) is 13.2 Å². The number of hydroxylamine groups is 2. The van der Waals surface area contributed by atoms with Gasteiger partial charge in [0, 0.05) is 0 Å². The Kier molecular flexibility index (Phi) is 3.79. The Morgan fingerprint density at radius 2 is 2.30 bits per heavy atom. The molecule has 0 saturated heterocycles. The van der Waals surface area contributed by atoms with Crippen molar-refractivity contribution in [1.29, 1.82) is 0 Å². The summed E-state index contributed by atoms with van der Waals surface area (Å²) in [5, 5.41) is 9.41. The van der Waals surface area contributed by atoms with Crippen LogP contribution >= 0.6 is 0 Å². The Morgan fingerprint density at radius 1 is 1.80 bits per heavy atom. The zero-order valence-electron chi connectivity index (χ0n) is 6.50. The first-order chi connectivity index (χ1) is 4.63. The minimum Gasteiger partial charge on any atom is -0.463 e. The van der Waals surface area contributed by atoms with E-state index in [1.54, 1.807) is 6.92 Å². The maximum atomic E-state index is 10.3. The highest BCUT2D eigenvalue weighted by Crippen LogP contribution is 2.02. The van der Waals surface area contributed by atoms with E-state index >= 15 is 0 Å². The summed E-state index contributed by atoms with van der Waals surface area (Å²) in [5.41, 5.74) is 0. The first-order valence-electron chi connectivity index (χ1n) is 3.19. The van der Waals surface area contributed by atoms with Crippen molar-refractivity contribution >= 4 is 6.09 Å². The topological polar surface area (TPSA) is 49.8 Å². The first-order valence-corrected chi connectivity index (χ1v) is 3.19. The monoisotopic (exact) mass is 147 g/mol. The average Bonchev–Trinajstić information content (AvgIpc) is 1.88. The van der Waals surface area contributed by atoms with E-state index in [-0.39, 0.29) is 6.04 Å². The third-order valence-corrected chi connectivity index (χ3v) is 1.38. The molecule has 0 saturated carbocycles. The van der Waals surface area contributed by atoms with Gasteiger partial charge in [0.2, 0.25) is 0 Å². The molecule has 0 aromatic heterocycles. The highest BCUT2D eigenvalue weighted by molar-refractivity contribution is 5.63. The van der Waals surface area contributed by atoms with Crippen LogP contribution in [0.25, 0.3) is 0 Å². The highest BCUT2D eigenvalue weighted by atomic mass is 16.7. The smallest absolute Gasteiger partial charge is 0.431 e. The van der Waals surface area contributed by atoms with Crippen LogP contribution in [-0.2, 0) is 4.84 Å². The lowest BCUT2D eigenvalue weighted by Gasteiger charge is -2.21. The minimum absolute atomic E-state index is 0.0810. The fourth-order valence-corrected chi connectivity index (χ4v) is 0.612. The van der Waals surface area contributed by atoms with Gasteiger partial charge in [-0.2, -0.15) is 5.06 Å². The molecule has 0 aromatic rings. The van der Waals surface area contributed by atoms with Crippen molar-refractivity contribution in [3.05, 3.63) is 0 Å². The summed E-state index contributed by atoms with van der Waals surface area (Å²) in [6.07, 6.45) is -0.294. The highest BCUT2D eigenvalue weighted by Gasteiger charge is 2.16. The van der Waals surface area contributed by atoms with Gasteiger partial charge >= 0.3 is 6.09 Å². The van der Waals surface area contributed by atoms with Crippen molar-refractivity contribution < 1.29 is 14.7 Å². The van der Waals surface area contributed by atoms with E-state index in [1.165, 1.54) is 7.11 Å². The molecule has 4 heteroatoms. The van der Waals surface area contributed by atoms with Crippen molar-refractivity contribution in [1.82, 2.24) is 5.06 Å². The van der Waals surface area contributed by atoms with Gasteiger partial charge in [0.15, 0.2) is 0 Å². The van der Waals surface area contributed by atoms with Crippen LogP contribution in [-0.4, -0.2) is 29.4 Å². The van der Waals surface area contributed by atoms with Crippen LogP contribution in [0.3, 0.4) is 0 Å². The van der Waals surface area contributed by atoms with Crippen LogP contribution < -0.4 is 0 Å². The molecule has 0 radical (unpaired) electrons. The Bertz CT molecular complexity index is 116. The second-order valence-electron chi connectivity index (χ2n) is 2.05. The number of carboxylic acid groups (broad SMARTS) is 1. The zero-order chi connectivity index (χ0) is 8.15. The summed E-state index contributed by atoms with van der Waals surface area (Å²) in [6.45, 7) is 3.69. The molecule has 1 atom stereocenters. The predicted molar refractivity (Wildman–Crippen MR) is 36.6 cm³/mol. The molecule has 0 aliphatic rings. The van der Waals surface area contributed by atoms with E-state index in [2.05, 4.69) is 4.84 Å². The third-order valence-electron chi connectivity index (χ3n) is 1.38. The van der Waals surface area contributed by atoms with E-state index in [1.807, 2.05) is 6.92 Å². The van der Waals surface area contributed by atoms with E-state index in [0.717, 1.165) is 11.5 Å². The normalized spacial score (nSPS) is 12.7. The molecule has 4 nitrogen and oxygen atoms in total. The van der Waals surface area contributed by atoms with Crippen LogP contribution in [0, 0.1) is 0 Å². The third kappa shape index (κ3) is 2.23. The molecular weight excluding hydrogens is 134 g/mol. The Morgan fingerprint density at radius 3 is 2.40 bits per heavy atom. The van der Waals surface area contributed by atoms with Crippen molar-refractivity contribution in [2.45, 2.75) is 26.3 Å². The largest absolute Gasteiger partial charge is 0.463 e. The van der Waals surface area contributed by atoms with Crippen LogP contribution in [0.1, 0.15) is 20.3 Å². The van der Waals surface area contributed by atoms with E-state index in [9.17, 15) is 4.79 Å². The molecule has 0 aromatic carbocycles. The molecule has 0 bridgehead atoms. The van der Waals surface area contributed by atoms with E-state index in [4.69, 9.17) is 5.11 Å². The van der Waals surface area contributed by atoms with Gasteiger partial charge in [0.1, 0.15) is 0 Å². The zero-order valence-corrected chi connectivity index (χ0v) is 6.50. The van der Waals surface area contributed by atoms with Crippen molar-refractivity contribution in [3.8, 4) is 0 Å². The molecule has 0 aliphatic carbocycles. The summed E-state index contributed by atoms with van der Waals surface area (Å²) < 4.78 is 0. The Labute approximate surface area is 60.3 Å². The van der Waals surface area contributed by atoms with Gasteiger partial charge in [-0.1, -0.05) is 6.92 Å². The van der Waals surface area contributed by atoms with Gasteiger partial charge in [-0.3, -0.25) is 4.84 Å². The quantitative estimate of drug-likeness (QED) is 0.612. The standard InChI is InChI=1S/C6H13NO3/c1-4-5(2)7(10-3)6(8)9/h5H,4H2,1-3H3,(H,8,9)/t5-/m0/s1. The fourth-order valence-electron chi connectivity index (χ4n) is 0.612. The summed E-state index contributed by atoms with van der Waals surface area (Å²) in [7, 11) is 1.35. The molecule has 0 aliphatic heterocycles. The number of nitrogens with zero attached hydrogens (tertiary/aromatic N) is 1. The lowest BCUT2D eigenvalue weighted by atomic mass is 10.3. The van der Waals surface area contributed by atoms with Gasteiger partial charge < -0.3 is 5.11 Å². The maximum Gasteiger partial charge on any atom is 0.431 e. The van der Waals surface area contributed by atoms with Crippen LogP contribution in [0.15, 0.2) is 0 Å². The number of rotatable bonds is 3. The number of hydrogen-bond acceptors (Lipinski definition) is 2. The summed E-state index contributed by atoms with van der Waals surface area (Å²) in [4.78, 5) is 14.9. The number of carbonyl (C=O) groups is 1. The van der Waals surface area contributed by atoms with E-state index < -0.39 is 6.09 Å². The summed E-state index contributed by atoms with van der Waals surface area (Å²) in [5.74, 6) is 0. The minimum atomic E-state index is -1.04. The van der Waals surface area contributed by atoms with Crippen LogP contribution in [0.2, 0.25) is 0 Å². The molecule has 0 rings (SSSR count). The fraction of sp³-hybridized carbons (Fsp3) is 0.833. The molecule has 0 spiro atoms. The molecule has 10 heavy (non-hydrogen) atoms. The molecule has 1 N–H and O–H groups in total. The Balaban J connectivity index is 3.92.